The van der Waals surface area contributed by atoms with E-state index in [0.717, 1.165) is 30.9 Å². The van der Waals surface area contributed by atoms with Crippen molar-refractivity contribution in [1.29, 1.82) is 0 Å². The number of benzene rings is 1. The molecule has 0 bridgehead atoms. The van der Waals surface area contributed by atoms with Gasteiger partial charge in [-0.25, -0.2) is 9.78 Å². The van der Waals surface area contributed by atoms with Crippen molar-refractivity contribution in [3.05, 3.63) is 82.9 Å². The maximum absolute atomic E-state index is 12.6. The zero-order chi connectivity index (χ0) is 24.8. The van der Waals surface area contributed by atoms with Crippen molar-refractivity contribution < 1.29 is 14.3 Å². The number of aromatic nitrogens is 2. The number of carbonyl (C=O) groups is 1. The molecule has 3 aromatic rings. The molecule has 0 spiro atoms. The van der Waals surface area contributed by atoms with Crippen molar-refractivity contribution in [3.8, 4) is 11.4 Å². The van der Waals surface area contributed by atoms with Gasteiger partial charge in [-0.15, -0.1) is 0 Å². The number of amides is 1. The SMILES string of the molecule is CC(C)(C)NC(=O)OC[C@H]1CCN(c2ccc(-n3ccc(OCc4ccccc4)cc3=O)cn2)C1. The fraction of sp³-hybridized carbons (Fsp3) is 0.370. The summed E-state index contributed by atoms with van der Waals surface area (Å²) >= 11 is 0. The van der Waals surface area contributed by atoms with Crippen LogP contribution in [0.3, 0.4) is 0 Å². The Labute approximate surface area is 205 Å². The second-order valence-corrected chi connectivity index (χ2v) is 9.79. The van der Waals surface area contributed by atoms with Gasteiger partial charge in [-0.1, -0.05) is 30.3 Å². The summed E-state index contributed by atoms with van der Waals surface area (Å²) in [5.74, 6) is 1.63. The summed E-state index contributed by atoms with van der Waals surface area (Å²) in [7, 11) is 0. The molecule has 2 aromatic heterocycles. The summed E-state index contributed by atoms with van der Waals surface area (Å²) in [6, 6.07) is 16.9. The zero-order valence-electron chi connectivity index (χ0n) is 20.4. The lowest BCUT2D eigenvalue weighted by Gasteiger charge is -2.21. The van der Waals surface area contributed by atoms with E-state index in [1.807, 2.05) is 63.2 Å². The predicted octanol–water partition coefficient (Wildman–Crippen LogP) is 4.16. The van der Waals surface area contributed by atoms with Crippen LogP contribution in [0, 0.1) is 5.92 Å². The molecule has 8 heteroatoms. The van der Waals surface area contributed by atoms with Gasteiger partial charge in [0, 0.05) is 36.8 Å². The van der Waals surface area contributed by atoms with Crippen LogP contribution < -0.4 is 20.5 Å². The highest BCUT2D eigenvalue weighted by Gasteiger charge is 2.25. The first-order chi connectivity index (χ1) is 16.8. The maximum atomic E-state index is 12.6. The Morgan fingerprint density at radius 1 is 1.14 bits per heavy atom. The Morgan fingerprint density at radius 3 is 2.63 bits per heavy atom. The van der Waals surface area contributed by atoms with E-state index in [-0.39, 0.29) is 23.1 Å². The normalized spacial score (nSPS) is 15.6. The number of anilines is 1. The van der Waals surface area contributed by atoms with Crippen LogP contribution in [0.4, 0.5) is 10.6 Å². The third-order valence-electron chi connectivity index (χ3n) is 5.69. The van der Waals surface area contributed by atoms with Crippen LogP contribution in [0.25, 0.3) is 5.69 Å². The molecule has 1 aliphatic rings. The van der Waals surface area contributed by atoms with Crippen molar-refractivity contribution in [1.82, 2.24) is 14.9 Å². The number of nitrogens with one attached hydrogen (secondary N) is 1. The van der Waals surface area contributed by atoms with E-state index < -0.39 is 0 Å². The summed E-state index contributed by atoms with van der Waals surface area (Å²) in [5.41, 5.74) is 1.23. The van der Waals surface area contributed by atoms with Crippen LogP contribution in [0.1, 0.15) is 32.8 Å². The molecule has 0 aliphatic carbocycles. The molecule has 1 amide bonds. The fourth-order valence-corrected chi connectivity index (χ4v) is 3.93. The van der Waals surface area contributed by atoms with Gasteiger partial charge in [-0.2, -0.15) is 0 Å². The largest absolute Gasteiger partial charge is 0.489 e. The Morgan fingerprint density at radius 2 is 1.94 bits per heavy atom. The van der Waals surface area contributed by atoms with Gasteiger partial charge in [0.05, 0.1) is 18.5 Å². The molecule has 1 aliphatic heterocycles. The van der Waals surface area contributed by atoms with Crippen LogP contribution in [0.15, 0.2) is 71.8 Å². The molecule has 1 atom stereocenters. The first kappa shape index (κ1) is 24.3. The molecule has 1 fully saturated rings. The molecule has 1 N–H and O–H groups in total. The maximum Gasteiger partial charge on any atom is 0.407 e. The van der Waals surface area contributed by atoms with Gasteiger partial charge >= 0.3 is 6.09 Å². The van der Waals surface area contributed by atoms with E-state index in [1.165, 1.54) is 6.07 Å². The minimum atomic E-state index is -0.389. The van der Waals surface area contributed by atoms with E-state index >= 15 is 0 Å². The first-order valence-electron chi connectivity index (χ1n) is 11.8. The van der Waals surface area contributed by atoms with E-state index in [1.54, 1.807) is 23.0 Å². The van der Waals surface area contributed by atoms with Crippen molar-refractivity contribution in [2.45, 2.75) is 39.3 Å². The lowest BCUT2D eigenvalue weighted by Crippen LogP contribution is -2.41. The van der Waals surface area contributed by atoms with Gasteiger partial charge in [0.15, 0.2) is 0 Å². The summed E-state index contributed by atoms with van der Waals surface area (Å²) in [6.07, 6.45) is 3.93. The Balaban J connectivity index is 1.32. The summed E-state index contributed by atoms with van der Waals surface area (Å²) in [4.78, 5) is 31.3. The van der Waals surface area contributed by atoms with Crippen LogP contribution in [-0.2, 0) is 11.3 Å². The average molecular weight is 477 g/mol. The fourth-order valence-electron chi connectivity index (χ4n) is 3.93. The topological polar surface area (TPSA) is 85.7 Å². The lowest BCUT2D eigenvalue weighted by molar-refractivity contribution is 0.123. The van der Waals surface area contributed by atoms with Crippen molar-refractivity contribution in [2.75, 3.05) is 24.6 Å². The molecule has 1 aromatic carbocycles. The number of pyridine rings is 2. The second-order valence-electron chi connectivity index (χ2n) is 9.79. The van der Waals surface area contributed by atoms with Crippen LogP contribution in [0.5, 0.6) is 5.75 Å². The van der Waals surface area contributed by atoms with Gasteiger partial charge in [0.1, 0.15) is 18.2 Å². The molecule has 3 heterocycles. The minimum Gasteiger partial charge on any atom is -0.489 e. The third-order valence-corrected chi connectivity index (χ3v) is 5.69. The highest BCUT2D eigenvalue weighted by atomic mass is 16.5. The number of carbonyl (C=O) groups excluding carboxylic acids is 1. The molecule has 0 radical (unpaired) electrons. The molecular weight excluding hydrogens is 444 g/mol. The van der Waals surface area contributed by atoms with E-state index in [9.17, 15) is 9.59 Å². The number of alkyl carbamates (subject to hydrolysis) is 1. The summed E-state index contributed by atoms with van der Waals surface area (Å²) in [6.45, 7) is 8.15. The standard InChI is InChI=1S/C27H32N4O4/c1-27(2,3)29-26(33)35-19-21-11-13-30(17-21)24-10-9-22(16-28-24)31-14-12-23(15-25(31)32)34-18-20-7-5-4-6-8-20/h4-10,12,14-16,21H,11,13,17-19H2,1-3H3,(H,29,33)/t21-/m0/s1. The Bertz CT molecular complexity index is 1190. The molecule has 4 rings (SSSR count). The lowest BCUT2D eigenvalue weighted by atomic mass is 10.1. The molecule has 8 nitrogen and oxygen atoms in total. The van der Waals surface area contributed by atoms with Crippen LogP contribution in [0.2, 0.25) is 0 Å². The number of rotatable bonds is 7. The number of nitrogens with zero attached hydrogens (tertiary/aromatic N) is 3. The van der Waals surface area contributed by atoms with E-state index in [2.05, 4.69) is 15.2 Å². The molecule has 184 valence electrons. The molecular formula is C27H32N4O4. The van der Waals surface area contributed by atoms with E-state index in [0.29, 0.717) is 24.7 Å². The highest BCUT2D eigenvalue weighted by molar-refractivity contribution is 5.68. The van der Waals surface area contributed by atoms with Gasteiger partial charge in [-0.3, -0.25) is 9.36 Å². The smallest absolute Gasteiger partial charge is 0.407 e. The minimum absolute atomic E-state index is 0.183. The summed E-state index contributed by atoms with van der Waals surface area (Å²) < 4.78 is 12.7. The quantitative estimate of drug-likeness (QED) is 0.551. The molecule has 35 heavy (non-hydrogen) atoms. The number of hydrogen-bond donors (Lipinski definition) is 1. The van der Waals surface area contributed by atoms with Crippen LogP contribution in [-0.4, -0.2) is 40.9 Å². The van der Waals surface area contributed by atoms with E-state index in [4.69, 9.17) is 9.47 Å². The highest BCUT2D eigenvalue weighted by Crippen LogP contribution is 2.23. The van der Waals surface area contributed by atoms with Gasteiger partial charge < -0.3 is 19.7 Å². The first-order valence-corrected chi connectivity index (χ1v) is 11.8. The van der Waals surface area contributed by atoms with Crippen molar-refractivity contribution in [3.63, 3.8) is 0 Å². The predicted molar refractivity (Wildman–Crippen MR) is 135 cm³/mol. The average Bonchev–Trinajstić information content (AvgIpc) is 3.30. The Hall–Kier alpha value is -3.81. The van der Waals surface area contributed by atoms with Crippen molar-refractivity contribution >= 4 is 11.9 Å². The van der Waals surface area contributed by atoms with Gasteiger partial charge in [0.2, 0.25) is 0 Å². The molecule has 0 unspecified atom stereocenters. The molecule has 0 saturated carbocycles. The van der Waals surface area contributed by atoms with Gasteiger partial charge in [-0.05, 0) is 51.0 Å². The number of ether oxygens (including phenoxy) is 2. The monoisotopic (exact) mass is 476 g/mol. The summed E-state index contributed by atoms with van der Waals surface area (Å²) in [5, 5.41) is 2.81. The second kappa shape index (κ2) is 10.6. The Kier molecular flexibility index (Phi) is 7.39. The van der Waals surface area contributed by atoms with Crippen LogP contribution >= 0.6 is 0 Å². The van der Waals surface area contributed by atoms with Gasteiger partial charge in [0.25, 0.3) is 5.56 Å². The van der Waals surface area contributed by atoms with Crippen molar-refractivity contribution in [2.24, 2.45) is 5.92 Å². The number of hydrogen-bond acceptors (Lipinski definition) is 6. The third kappa shape index (κ3) is 6.85. The zero-order valence-corrected chi connectivity index (χ0v) is 20.4. The molecule has 1 saturated heterocycles.